The molecule has 29 heavy (non-hydrogen) atoms. The number of rotatable bonds is 10. The van der Waals surface area contributed by atoms with Gasteiger partial charge in [0.25, 0.3) is 0 Å². The van der Waals surface area contributed by atoms with Crippen LogP contribution in [-0.4, -0.2) is 32.3 Å². The molecule has 2 rings (SSSR count). The number of carbonyl (C=O) groups is 2. The second kappa shape index (κ2) is 11.5. The minimum atomic E-state index is -0.474. The fourth-order valence-electron chi connectivity index (χ4n) is 2.24. The topological polar surface area (TPSA) is 71.1 Å². The van der Waals surface area contributed by atoms with Gasteiger partial charge in [-0.1, -0.05) is 26.0 Å². The van der Waals surface area contributed by atoms with Crippen LogP contribution in [0, 0.1) is 5.92 Å². The minimum Gasteiger partial charge on any atom is -0.497 e. The van der Waals surface area contributed by atoms with Gasteiger partial charge in [-0.25, -0.2) is 4.79 Å². The van der Waals surface area contributed by atoms with Crippen molar-refractivity contribution in [3.63, 3.8) is 0 Å². The molecule has 0 amide bonds. The van der Waals surface area contributed by atoms with E-state index < -0.39 is 5.97 Å². The largest absolute Gasteiger partial charge is 0.497 e. The quantitative estimate of drug-likeness (QED) is 0.257. The van der Waals surface area contributed by atoms with Gasteiger partial charge in [-0.3, -0.25) is 4.79 Å². The van der Waals surface area contributed by atoms with Crippen LogP contribution in [0.15, 0.2) is 54.6 Å². The highest BCUT2D eigenvalue weighted by Gasteiger charge is 2.11. The molecule has 0 N–H and O–H groups in total. The Morgan fingerprint density at radius 2 is 1.55 bits per heavy atom. The van der Waals surface area contributed by atoms with E-state index in [1.165, 1.54) is 6.08 Å². The summed E-state index contributed by atoms with van der Waals surface area (Å²) >= 11 is 0. The summed E-state index contributed by atoms with van der Waals surface area (Å²) in [6.07, 6.45) is 3.76. The first kappa shape index (κ1) is 22.0. The van der Waals surface area contributed by atoms with Crippen molar-refractivity contribution in [2.45, 2.75) is 20.3 Å². The molecule has 0 radical (unpaired) electrons. The van der Waals surface area contributed by atoms with Crippen LogP contribution in [0.5, 0.6) is 17.2 Å². The molecule has 1 atom stereocenters. The van der Waals surface area contributed by atoms with Crippen LogP contribution in [0.4, 0.5) is 0 Å². The molecule has 0 aromatic heterocycles. The molecular weight excluding hydrogens is 372 g/mol. The number of methoxy groups -OCH3 is 1. The van der Waals surface area contributed by atoms with E-state index in [4.69, 9.17) is 18.9 Å². The summed E-state index contributed by atoms with van der Waals surface area (Å²) in [5.74, 6) is 1.01. The van der Waals surface area contributed by atoms with Gasteiger partial charge in [0.05, 0.1) is 13.0 Å². The third kappa shape index (κ3) is 7.70. The van der Waals surface area contributed by atoms with Crippen molar-refractivity contribution in [3.05, 3.63) is 60.2 Å². The molecule has 6 heteroatoms. The number of hydrogen-bond donors (Lipinski definition) is 0. The van der Waals surface area contributed by atoms with Crippen molar-refractivity contribution in [1.29, 1.82) is 0 Å². The molecule has 2 aromatic carbocycles. The number of hydrogen-bond acceptors (Lipinski definition) is 6. The molecule has 0 aliphatic rings. The third-order valence-corrected chi connectivity index (χ3v) is 4.18. The predicted octanol–water partition coefficient (Wildman–Crippen LogP) is 4.28. The zero-order chi connectivity index (χ0) is 21.1. The van der Waals surface area contributed by atoms with E-state index in [-0.39, 0.29) is 25.1 Å². The Balaban J connectivity index is 1.76. The molecule has 6 nitrogen and oxygen atoms in total. The summed E-state index contributed by atoms with van der Waals surface area (Å²) in [5, 5.41) is 0. The predicted molar refractivity (Wildman–Crippen MR) is 110 cm³/mol. The normalized spacial score (nSPS) is 11.7. The summed E-state index contributed by atoms with van der Waals surface area (Å²) in [7, 11) is 1.57. The second-order valence-electron chi connectivity index (χ2n) is 6.32. The van der Waals surface area contributed by atoms with E-state index in [2.05, 4.69) is 0 Å². The van der Waals surface area contributed by atoms with Gasteiger partial charge in [0.15, 0.2) is 0 Å². The second-order valence-corrected chi connectivity index (χ2v) is 6.32. The number of ether oxygens (including phenoxy) is 4. The first-order valence-electron chi connectivity index (χ1n) is 9.45. The minimum absolute atomic E-state index is 0.0996. The summed E-state index contributed by atoms with van der Waals surface area (Å²) in [4.78, 5) is 23.5. The van der Waals surface area contributed by atoms with Gasteiger partial charge in [-0.2, -0.15) is 0 Å². The SMILES string of the molecule is CCC(C)C(=O)OCCOc1ccc(/C=C/C(=O)Oc2ccc(OC)cc2)cc1. The van der Waals surface area contributed by atoms with E-state index in [1.807, 2.05) is 26.0 Å². The van der Waals surface area contributed by atoms with E-state index in [0.29, 0.717) is 17.2 Å². The molecule has 0 fully saturated rings. The summed E-state index contributed by atoms with van der Waals surface area (Å²) in [6, 6.07) is 14.0. The van der Waals surface area contributed by atoms with Gasteiger partial charge < -0.3 is 18.9 Å². The Labute approximate surface area is 171 Å². The summed E-state index contributed by atoms with van der Waals surface area (Å²) in [6.45, 7) is 4.27. The van der Waals surface area contributed by atoms with Gasteiger partial charge >= 0.3 is 11.9 Å². The Morgan fingerprint density at radius 1 is 0.931 bits per heavy atom. The maximum absolute atomic E-state index is 11.9. The van der Waals surface area contributed by atoms with Crippen LogP contribution in [0.3, 0.4) is 0 Å². The average Bonchev–Trinajstić information content (AvgIpc) is 2.75. The molecule has 0 saturated carbocycles. The van der Waals surface area contributed by atoms with Crippen molar-refractivity contribution in [1.82, 2.24) is 0 Å². The van der Waals surface area contributed by atoms with Gasteiger partial charge in [-0.05, 0) is 54.5 Å². The number of carbonyl (C=O) groups excluding carboxylic acids is 2. The fraction of sp³-hybridized carbons (Fsp3) is 0.304. The van der Waals surface area contributed by atoms with Crippen LogP contribution in [-0.2, 0) is 14.3 Å². The first-order valence-corrected chi connectivity index (χ1v) is 9.45. The summed E-state index contributed by atoms with van der Waals surface area (Å²) in [5.41, 5.74) is 0.826. The molecule has 0 heterocycles. The molecule has 0 saturated heterocycles. The highest BCUT2D eigenvalue weighted by molar-refractivity contribution is 5.88. The molecule has 0 bridgehead atoms. The highest BCUT2D eigenvalue weighted by atomic mass is 16.6. The van der Waals surface area contributed by atoms with Crippen LogP contribution in [0.1, 0.15) is 25.8 Å². The molecule has 1 unspecified atom stereocenters. The fourth-order valence-corrected chi connectivity index (χ4v) is 2.24. The van der Waals surface area contributed by atoms with E-state index >= 15 is 0 Å². The van der Waals surface area contributed by atoms with Crippen LogP contribution in [0.2, 0.25) is 0 Å². The van der Waals surface area contributed by atoms with Crippen LogP contribution >= 0.6 is 0 Å². The Morgan fingerprint density at radius 3 is 2.17 bits per heavy atom. The number of esters is 2. The smallest absolute Gasteiger partial charge is 0.336 e. The molecule has 0 aliphatic carbocycles. The third-order valence-electron chi connectivity index (χ3n) is 4.18. The van der Waals surface area contributed by atoms with E-state index in [9.17, 15) is 9.59 Å². The van der Waals surface area contributed by atoms with Gasteiger partial charge in [0.1, 0.15) is 30.5 Å². The van der Waals surface area contributed by atoms with Crippen molar-refractivity contribution in [3.8, 4) is 17.2 Å². The average molecular weight is 398 g/mol. The molecule has 0 aliphatic heterocycles. The zero-order valence-electron chi connectivity index (χ0n) is 16.9. The lowest BCUT2D eigenvalue weighted by Gasteiger charge is -2.10. The van der Waals surface area contributed by atoms with Crippen molar-refractivity contribution < 1.29 is 28.5 Å². The zero-order valence-corrected chi connectivity index (χ0v) is 16.9. The van der Waals surface area contributed by atoms with Gasteiger partial charge in [-0.15, -0.1) is 0 Å². The lowest BCUT2D eigenvalue weighted by molar-refractivity contribution is -0.148. The molecule has 2 aromatic rings. The molecular formula is C23H26O6. The maximum Gasteiger partial charge on any atom is 0.336 e. The molecule has 154 valence electrons. The van der Waals surface area contributed by atoms with Crippen molar-refractivity contribution in [2.75, 3.05) is 20.3 Å². The maximum atomic E-state index is 11.9. The highest BCUT2D eigenvalue weighted by Crippen LogP contribution is 2.18. The van der Waals surface area contributed by atoms with Crippen LogP contribution < -0.4 is 14.2 Å². The van der Waals surface area contributed by atoms with Crippen molar-refractivity contribution >= 4 is 18.0 Å². The first-order chi connectivity index (χ1) is 14.0. The van der Waals surface area contributed by atoms with Gasteiger partial charge in [0.2, 0.25) is 0 Å². The summed E-state index contributed by atoms with van der Waals surface area (Å²) < 4.78 is 21.0. The van der Waals surface area contributed by atoms with Gasteiger partial charge in [0, 0.05) is 6.08 Å². The Bertz CT molecular complexity index is 808. The lowest BCUT2D eigenvalue weighted by Crippen LogP contribution is -2.17. The van der Waals surface area contributed by atoms with E-state index in [0.717, 1.165) is 12.0 Å². The van der Waals surface area contributed by atoms with Crippen molar-refractivity contribution in [2.24, 2.45) is 5.92 Å². The lowest BCUT2D eigenvalue weighted by atomic mass is 10.1. The Hall–Kier alpha value is -3.28. The Kier molecular flexibility index (Phi) is 8.76. The monoisotopic (exact) mass is 398 g/mol. The molecule has 0 spiro atoms. The number of benzene rings is 2. The standard InChI is InChI=1S/C23H26O6/c1-4-17(2)23(25)28-16-15-27-20-8-5-18(6-9-20)7-14-22(24)29-21-12-10-19(26-3)11-13-21/h5-14,17H,4,15-16H2,1-3H3/b14-7+. The van der Waals surface area contributed by atoms with Crippen LogP contribution in [0.25, 0.3) is 6.08 Å². The van der Waals surface area contributed by atoms with E-state index in [1.54, 1.807) is 49.6 Å².